The highest BCUT2D eigenvalue weighted by Gasteiger charge is 2.18. The maximum Gasteiger partial charge on any atom is 0.251 e. The second-order valence-corrected chi connectivity index (χ2v) is 4.78. The molecule has 1 aromatic carbocycles. The second-order valence-electron chi connectivity index (χ2n) is 4.78. The highest BCUT2D eigenvalue weighted by molar-refractivity contribution is 6.02. The Labute approximate surface area is 116 Å². The molecule has 6 nitrogen and oxygen atoms in total. The van der Waals surface area contributed by atoms with Crippen LogP contribution in [0.25, 0.3) is 0 Å². The number of nitrogens with one attached hydrogen (secondary N) is 2. The number of amides is 3. The van der Waals surface area contributed by atoms with E-state index in [4.69, 9.17) is 5.73 Å². The van der Waals surface area contributed by atoms with Gasteiger partial charge in [-0.25, -0.2) is 0 Å². The fourth-order valence-corrected chi connectivity index (χ4v) is 2.08. The summed E-state index contributed by atoms with van der Waals surface area (Å²) in [6.45, 7) is 0.496. The van der Waals surface area contributed by atoms with Gasteiger partial charge in [0.15, 0.2) is 0 Å². The first-order valence-electron chi connectivity index (χ1n) is 6.55. The van der Waals surface area contributed by atoms with Crippen LogP contribution in [0.2, 0.25) is 0 Å². The van der Waals surface area contributed by atoms with Crippen molar-refractivity contribution in [3.05, 3.63) is 29.3 Å². The van der Waals surface area contributed by atoms with Crippen LogP contribution in [-0.2, 0) is 16.0 Å². The van der Waals surface area contributed by atoms with E-state index < -0.39 is 0 Å². The van der Waals surface area contributed by atoms with Crippen LogP contribution >= 0.6 is 0 Å². The van der Waals surface area contributed by atoms with Crippen LogP contribution in [0.15, 0.2) is 18.2 Å². The molecule has 3 amide bonds. The molecule has 1 aliphatic rings. The van der Waals surface area contributed by atoms with Crippen molar-refractivity contribution in [1.82, 2.24) is 5.32 Å². The van der Waals surface area contributed by atoms with Crippen molar-refractivity contribution in [1.29, 1.82) is 0 Å². The lowest BCUT2D eigenvalue weighted by Gasteiger charge is -2.06. The molecular formula is C14H17N3O3. The number of benzene rings is 1. The average molecular weight is 275 g/mol. The van der Waals surface area contributed by atoms with Crippen LogP contribution in [0.3, 0.4) is 0 Å². The predicted molar refractivity (Wildman–Crippen MR) is 74.2 cm³/mol. The Bertz CT molecular complexity index is 555. The molecule has 20 heavy (non-hydrogen) atoms. The first-order chi connectivity index (χ1) is 9.56. The van der Waals surface area contributed by atoms with Gasteiger partial charge in [0.1, 0.15) is 0 Å². The Morgan fingerprint density at radius 1 is 1.30 bits per heavy atom. The minimum Gasteiger partial charge on any atom is -0.370 e. The van der Waals surface area contributed by atoms with Gasteiger partial charge < -0.3 is 16.4 Å². The van der Waals surface area contributed by atoms with Gasteiger partial charge in [0.05, 0.1) is 6.42 Å². The molecule has 0 saturated heterocycles. The number of unbranched alkanes of at least 4 members (excludes halogenated alkanes) is 1. The van der Waals surface area contributed by atoms with Crippen LogP contribution in [0.1, 0.15) is 35.2 Å². The van der Waals surface area contributed by atoms with Gasteiger partial charge in [-0.2, -0.15) is 0 Å². The molecule has 0 bridgehead atoms. The molecule has 6 heteroatoms. The van der Waals surface area contributed by atoms with Crippen LogP contribution < -0.4 is 16.4 Å². The van der Waals surface area contributed by atoms with Gasteiger partial charge >= 0.3 is 0 Å². The Hall–Kier alpha value is -2.37. The van der Waals surface area contributed by atoms with Gasteiger partial charge in [-0.15, -0.1) is 0 Å². The van der Waals surface area contributed by atoms with Gasteiger partial charge in [0.2, 0.25) is 11.8 Å². The number of hydrogen-bond acceptors (Lipinski definition) is 3. The van der Waals surface area contributed by atoms with E-state index in [9.17, 15) is 14.4 Å². The van der Waals surface area contributed by atoms with Crippen molar-refractivity contribution in [2.24, 2.45) is 5.73 Å². The lowest BCUT2D eigenvalue weighted by atomic mass is 10.1. The van der Waals surface area contributed by atoms with Gasteiger partial charge in [0, 0.05) is 24.2 Å². The number of primary amides is 1. The topological polar surface area (TPSA) is 101 Å². The number of nitrogens with two attached hydrogens (primary N) is 1. The maximum atomic E-state index is 11.9. The molecule has 1 heterocycles. The Balaban J connectivity index is 1.83. The van der Waals surface area contributed by atoms with Crippen LogP contribution in [-0.4, -0.2) is 24.3 Å². The first-order valence-corrected chi connectivity index (χ1v) is 6.55. The molecule has 0 radical (unpaired) electrons. The quantitative estimate of drug-likeness (QED) is 0.661. The van der Waals surface area contributed by atoms with Crippen molar-refractivity contribution in [2.75, 3.05) is 11.9 Å². The Morgan fingerprint density at radius 2 is 2.10 bits per heavy atom. The van der Waals surface area contributed by atoms with Crippen molar-refractivity contribution < 1.29 is 14.4 Å². The van der Waals surface area contributed by atoms with Crippen LogP contribution in [0, 0.1) is 0 Å². The first kappa shape index (κ1) is 14.0. The molecule has 0 unspecified atom stereocenters. The molecule has 0 atom stereocenters. The predicted octanol–water partition coefficient (Wildman–Crippen LogP) is 0.567. The molecule has 1 aliphatic heterocycles. The van der Waals surface area contributed by atoms with Crippen LogP contribution in [0.5, 0.6) is 0 Å². The fraction of sp³-hybridized carbons (Fsp3) is 0.357. The van der Waals surface area contributed by atoms with Crippen LogP contribution in [0.4, 0.5) is 5.69 Å². The lowest BCUT2D eigenvalue weighted by molar-refractivity contribution is -0.118. The molecule has 0 aliphatic carbocycles. The normalized spacial score (nSPS) is 12.7. The minimum atomic E-state index is -0.328. The highest BCUT2D eigenvalue weighted by atomic mass is 16.2. The van der Waals surface area contributed by atoms with E-state index in [-0.39, 0.29) is 17.7 Å². The minimum absolute atomic E-state index is 0.0518. The summed E-state index contributed by atoms with van der Waals surface area (Å²) in [5.74, 6) is -0.567. The van der Waals surface area contributed by atoms with E-state index in [1.54, 1.807) is 18.2 Å². The molecule has 0 aromatic heterocycles. The maximum absolute atomic E-state index is 11.9. The Kier molecular flexibility index (Phi) is 4.34. The molecule has 1 aromatic rings. The highest BCUT2D eigenvalue weighted by Crippen LogP contribution is 2.23. The number of carbonyl (C=O) groups is 3. The summed E-state index contributed by atoms with van der Waals surface area (Å²) in [5.41, 5.74) is 7.16. The average Bonchev–Trinajstić information content (AvgIpc) is 2.76. The molecule has 106 valence electrons. The second kappa shape index (κ2) is 6.18. The van der Waals surface area contributed by atoms with Crippen molar-refractivity contribution >= 4 is 23.4 Å². The zero-order chi connectivity index (χ0) is 14.5. The summed E-state index contributed by atoms with van der Waals surface area (Å²) in [4.78, 5) is 33.7. The van der Waals surface area contributed by atoms with E-state index in [2.05, 4.69) is 10.6 Å². The Morgan fingerprint density at radius 3 is 2.85 bits per heavy atom. The molecule has 2 rings (SSSR count). The summed E-state index contributed by atoms with van der Waals surface area (Å²) in [6, 6.07) is 5.17. The monoisotopic (exact) mass is 275 g/mol. The third-order valence-electron chi connectivity index (χ3n) is 3.13. The largest absolute Gasteiger partial charge is 0.370 e. The third kappa shape index (κ3) is 3.57. The molecule has 0 spiro atoms. The third-order valence-corrected chi connectivity index (χ3v) is 3.13. The van der Waals surface area contributed by atoms with Gasteiger partial charge in [-0.05, 0) is 30.5 Å². The standard InChI is InChI=1S/C14H17N3O3/c15-12(18)3-1-2-6-16-14(20)10-5-4-9-8-13(19)17-11(9)7-10/h4-5,7H,1-3,6,8H2,(H2,15,18)(H,16,20)(H,17,19). The number of carbonyl (C=O) groups excluding carboxylic acids is 3. The zero-order valence-electron chi connectivity index (χ0n) is 11.1. The van der Waals surface area contributed by atoms with E-state index in [0.717, 1.165) is 5.56 Å². The molecule has 0 saturated carbocycles. The van der Waals surface area contributed by atoms with Crippen molar-refractivity contribution in [3.8, 4) is 0 Å². The molecular weight excluding hydrogens is 258 g/mol. The van der Waals surface area contributed by atoms with Gasteiger partial charge in [0.25, 0.3) is 5.91 Å². The molecule has 4 N–H and O–H groups in total. The van der Waals surface area contributed by atoms with Crippen molar-refractivity contribution in [2.45, 2.75) is 25.7 Å². The summed E-state index contributed by atoms with van der Waals surface area (Å²) in [5, 5.41) is 5.48. The summed E-state index contributed by atoms with van der Waals surface area (Å²) >= 11 is 0. The SMILES string of the molecule is NC(=O)CCCCNC(=O)c1ccc2c(c1)NC(=O)C2. The smallest absolute Gasteiger partial charge is 0.251 e. The van der Waals surface area contributed by atoms with Crippen molar-refractivity contribution in [3.63, 3.8) is 0 Å². The zero-order valence-corrected chi connectivity index (χ0v) is 11.1. The fourth-order valence-electron chi connectivity index (χ4n) is 2.08. The summed E-state index contributed by atoms with van der Waals surface area (Å²) < 4.78 is 0. The molecule has 0 fully saturated rings. The number of hydrogen-bond donors (Lipinski definition) is 3. The van der Waals surface area contributed by atoms with E-state index in [1.165, 1.54) is 0 Å². The van der Waals surface area contributed by atoms with Gasteiger partial charge in [-0.1, -0.05) is 6.07 Å². The summed E-state index contributed by atoms with van der Waals surface area (Å²) in [7, 11) is 0. The van der Waals surface area contributed by atoms with E-state index >= 15 is 0 Å². The van der Waals surface area contributed by atoms with E-state index in [0.29, 0.717) is 43.5 Å². The lowest BCUT2D eigenvalue weighted by Crippen LogP contribution is -2.24. The number of rotatable bonds is 6. The van der Waals surface area contributed by atoms with Gasteiger partial charge in [-0.3, -0.25) is 14.4 Å². The van der Waals surface area contributed by atoms with E-state index in [1.807, 2.05) is 0 Å². The number of anilines is 1. The summed E-state index contributed by atoms with van der Waals surface area (Å²) in [6.07, 6.45) is 2.07. The number of fused-ring (bicyclic) bond motifs is 1.